The van der Waals surface area contributed by atoms with Gasteiger partial charge >= 0.3 is 0 Å². The number of aromatic nitrogens is 5. The molecule has 0 aliphatic carbocycles. The summed E-state index contributed by atoms with van der Waals surface area (Å²) in [5.74, 6) is 1.35. The summed E-state index contributed by atoms with van der Waals surface area (Å²) in [5, 5.41) is 4.55. The number of hydrogen-bond donors (Lipinski definition) is 0. The maximum Gasteiger partial charge on any atom is 0.266 e. The van der Waals surface area contributed by atoms with E-state index in [2.05, 4.69) is 25.0 Å². The number of nitrogens with zero attached hydrogens (tertiary/aromatic N) is 6. The predicted molar refractivity (Wildman–Crippen MR) is 98.7 cm³/mol. The van der Waals surface area contributed by atoms with Crippen LogP contribution in [-0.2, 0) is 6.54 Å². The Bertz CT molecular complexity index is 904. The molecule has 4 rings (SSSR count). The van der Waals surface area contributed by atoms with Crippen molar-refractivity contribution in [3.8, 4) is 11.3 Å². The zero-order valence-corrected chi connectivity index (χ0v) is 14.4. The number of pyridine rings is 1. The van der Waals surface area contributed by atoms with Crippen LogP contribution < -0.4 is 10.5 Å². The number of rotatable bonds is 4. The highest BCUT2D eigenvalue weighted by Gasteiger charge is 2.21. The smallest absolute Gasteiger partial charge is 0.266 e. The third kappa shape index (κ3) is 3.61. The first-order valence-electron chi connectivity index (χ1n) is 8.79. The Balaban J connectivity index is 1.44. The summed E-state index contributed by atoms with van der Waals surface area (Å²) in [6.07, 6.45) is 10.7. The zero-order valence-electron chi connectivity index (χ0n) is 14.4. The molecule has 7 nitrogen and oxygen atoms in total. The van der Waals surface area contributed by atoms with Gasteiger partial charge in [-0.3, -0.25) is 14.8 Å². The van der Waals surface area contributed by atoms with Crippen LogP contribution in [0.2, 0.25) is 0 Å². The van der Waals surface area contributed by atoms with Crippen molar-refractivity contribution in [3.63, 3.8) is 0 Å². The van der Waals surface area contributed by atoms with E-state index >= 15 is 0 Å². The van der Waals surface area contributed by atoms with Crippen LogP contribution in [-0.4, -0.2) is 37.8 Å². The molecule has 26 heavy (non-hydrogen) atoms. The molecule has 0 aromatic carbocycles. The fourth-order valence-corrected chi connectivity index (χ4v) is 3.30. The van der Waals surface area contributed by atoms with Crippen LogP contribution in [0.4, 0.5) is 5.82 Å². The Kier molecular flexibility index (Phi) is 4.68. The minimum atomic E-state index is -0.0563. The van der Waals surface area contributed by atoms with Gasteiger partial charge in [-0.25, -0.2) is 9.67 Å². The molecule has 1 aliphatic rings. The molecule has 0 radical (unpaired) electrons. The van der Waals surface area contributed by atoms with Gasteiger partial charge in [0.2, 0.25) is 0 Å². The first-order chi connectivity index (χ1) is 12.8. The molecule has 7 heteroatoms. The molecule has 132 valence electrons. The van der Waals surface area contributed by atoms with Crippen LogP contribution in [0.5, 0.6) is 0 Å². The summed E-state index contributed by atoms with van der Waals surface area (Å²) in [6, 6.07) is 7.16. The molecule has 0 saturated carbocycles. The van der Waals surface area contributed by atoms with Gasteiger partial charge in [0, 0.05) is 56.1 Å². The summed E-state index contributed by atoms with van der Waals surface area (Å²) in [5.41, 5.74) is 1.70. The first-order valence-corrected chi connectivity index (χ1v) is 8.79. The van der Waals surface area contributed by atoms with Crippen LogP contribution in [0.1, 0.15) is 12.8 Å². The normalized spacial score (nSPS) is 15.2. The van der Waals surface area contributed by atoms with Crippen LogP contribution in [0, 0.1) is 5.92 Å². The van der Waals surface area contributed by atoms with Gasteiger partial charge in [-0.1, -0.05) is 0 Å². The second-order valence-electron chi connectivity index (χ2n) is 6.47. The van der Waals surface area contributed by atoms with Crippen molar-refractivity contribution < 1.29 is 0 Å². The molecule has 3 aromatic rings. The van der Waals surface area contributed by atoms with Gasteiger partial charge in [-0.05, 0) is 37.0 Å². The van der Waals surface area contributed by atoms with Crippen molar-refractivity contribution in [1.82, 2.24) is 24.7 Å². The third-order valence-corrected chi connectivity index (χ3v) is 4.76. The lowest BCUT2D eigenvalue weighted by atomic mass is 9.97. The Morgan fingerprint density at radius 1 is 0.962 bits per heavy atom. The maximum absolute atomic E-state index is 12.2. The molecule has 0 unspecified atom stereocenters. The van der Waals surface area contributed by atoms with Crippen molar-refractivity contribution in [2.24, 2.45) is 5.92 Å². The van der Waals surface area contributed by atoms with Crippen LogP contribution in [0.3, 0.4) is 0 Å². The van der Waals surface area contributed by atoms with E-state index in [-0.39, 0.29) is 5.56 Å². The molecule has 0 N–H and O–H groups in total. The summed E-state index contributed by atoms with van der Waals surface area (Å²) in [4.78, 5) is 27.0. The first kappa shape index (κ1) is 16.4. The van der Waals surface area contributed by atoms with Gasteiger partial charge in [-0.2, -0.15) is 5.10 Å². The zero-order chi connectivity index (χ0) is 17.8. The van der Waals surface area contributed by atoms with Gasteiger partial charge in [-0.15, -0.1) is 0 Å². The van der Waals surface area contributed by atoms with Crippen LogP contribution in [0.25, 0.3) is 11.3 Å². The van der Waals surface area contributed by atoms with Crippen molar-refractivity contribution in [1.29, 1.82) is 0 Å². The molecular formula is C19H20N6O. The third-order valence-electron chi connectivity index (χ3n) is 4.76. The number of piperidine rings is 1. The Morgan fingerprint density at radius 2 is 1.77 bits per heavy atom. The highest BCUT2D eigenvalue weighted by Crippen LogP contribution is 2.22. The van der Waals surface area contributed by atoms with Crippen molar-refractivity contribution >= 4 is 5.82 Å². The van der Waals surface area contributed by atoms with E-state index < -0.39 is 0 Å². The van der Waals surface area contributed by atoms with E-state index in [1.54, 1.807) is 47.8 Å². The van der Waals surface area contributed by atoms with Gasteiger partial charge in [0.1, 0.15) is 5.82 Å². The number of hydrogen-bond acceptors (Lipinski definition) is 6. The molecule has 0 bridgehead atoms. The lowest BCUT2D eigenvalue weighted by Crippen LogP contribution is -2.37. The molecule has 0 spiro atoms. The van der Waals surface area contributed by atoms with Crippen molar-refractivity contribution in [3.05, 3.63) is 65.6 Å². The molecule has 0 atom stereocenters. The highest BCUT2D eigenvalue weighted by molar-refractivity contribution is 5.56. The molecule has 4 heterocycles. The van der Waals surface area contributed by atoms with Gasteiger partial charge in [0.05, 0.1) is 11.9 Å². The predicted octanol–water partition coefficient (Wildman–Crippen LogP) is 2.01. The molecule has 0 amide bonds. The largest absolute Gasteiger partial charge is 0.355 e. The maximum atomic E-state index is 12.2. The lowest BCUT2D eigenvalue weighted by molar-refractivity contribution is 0.335. The van der Waals surface area contributed by atoms with E-state index in [9.17, 15) is 4.79 Å². The van der Waals surface area contributed by atoms with Crippen molar-refractivity contribution in [2.45, 2.75) is 19.4 Å². The van der Waals surface area contributed by atoms with Crippen molar-refractivity contribution in [2.75, 3.05) is 18.0 Å². The molecule has 3 aromatic heterocycles. The fourth-order valence-electron chi connectivity index (χ4n) is 3.30. The quantitative estimate of drug-likeness (QED) is 0.718. The standard InChI is InChI=1S/C19H20N6O/c26-19-2-1-17(16-3-7-20-8-4-16)23-25(19)14-15-5-11-24(12-6-15)18-13-21-9-10-22-18/h1-4,7-10,13,15H,5-6,11-12,14H2. The average Bonchev–Trinajstić information content (AvgIpc) is 2.71. The number of anilines is 1. The second kappa shape index (κ2) is 7.43. The highest BCUT2D eigenvalue weighted by atomic mass is 16.1. The van der Waals surface area contributed by atoms with Crippen LogP contribution >= 0.6 is 0 Å². The molecule has 1 fully saturated rings. The second-order valence-corrected chi connectivity index (χ2v) is 6.47. The topological polar surface area (TPSA) is 76.8 Å². The van der Waals surface area contributed by atoms with E-state index in [4.69, 9.17) is 0 Å². The monoisotopic (exact) mass is 348 g/mol. The lowest BCUT2D eigenvalue weighted by Gasteiger charge is -2.32. The average molecular weight is 348 g/mol. The fraction of sp³-hybridized carbons (Fsp3) is 0.316. The van der Waals surface area contributed by atoms with Gasteiger partial charge in [0.15, 0.2) is 0 Å². The molecular weight excluding hydrogens is 328 g/mol. The van der Waals surface area contributed by atoms with Gasteiger partial charge in [0.25, 0.3) is 5.56 Å². The van der Waals surface area contributed by atoms with Gasteiger partial charge < -0.3 is 4.90 Å². The van der Waals surface area contributed by atoms with Crippen LogP contribution in [0.15, 0.2) is 60.0 Å². The Morgan fingerprint density at radius 3 is 2.50 bits per heavy atom. The van der Waals surface area contributed by atoms with E-state index in [1.165, 1.54) is 0 Å². The minimum Gasteiger partial charge on any atom is -0.355 e. The Labute approximate surface area is 151 Å². The molecule has 1 aliphatic heterocycles. The van der Waals surface area contributed by atoms with E-state index in [1.807, 2.05) is 12.1 Å². The summed E-state index contributed by atoms with van der Waals surface area (Å²) < 4.78 is 1.60. The minimum absolute atomic E-state index is 0.0563. The summed E-state index contributed by atoms with van der Waals surface area (Å²) in [7, 11) is 0. The summed E-state index contributed by atoms with van der Waals surface area (Å²) >= 11 is 0. The Hall–Kier alpha value is -3.09. The van der Waals surface area contributed by atoms with E-state index in [0.717, 1.165) is 43.0 Å². The van der Waals surface area contributed by atoms with E-state index in [0.29, 0.717) is 12.5 Å². The molecule has 1 saturated heterocycles. The SMILES string of the molecule is O=c1ccc(-c2ccncc2)nn1CC1CCN(c2cnccn2)CC1. The summed E-state index contributed by atoms with van der Waals surface area (Å²) in [6.45, 7) is 2.48.